The second-order valence-corrected chi connectivity index (χ2v) is 3.61. The Labute approximate surface area is 93.7 Å². The molecular formula is C13H12O3. The van der Waals surface area contributed by atoms with Crippen LogP contribution in [0.1, 0.15) is 12.5 Å². The van der Waals surface area contributed by atoms with Gasteiger partial charge in [0.25, 0.3) is 0 Å². The topological polar surface area (TPSA) is 46.5 Å². The molecule has 1 atom stereocenters. The fourth-order valence-corrected chi connectivity index (χ4v) is 1.61. The maximum absolute atomic E-state index is 10.4. The Hall–Kier alpha value is -2.03. The van der Waals surface area contributed by atoms with Crippen LogP contribution in [0.5, 0.6) is 5.75 Å². The third-order valence-corrected chi connectivity index (χ3v) is 2.43. The van der Waals surface area contributed by atoms with Crippen molar-refractivity contribution < 1.29 is 14.6 Å². The lowest BCUT2D eigenvalue weighted by Crippen LogP contribution is -2.17. The number of carboxylic acid groups (broad SMARTS) is 1. The van der Waals surface area contributed by atoms with Gasteiger partial charge in [0.1, 0.15) is 11.9 Å². The SMILES string of the molecule is C[C@@H]1Oc2ccccc2C=C1/C=C/C(=O)O. The summed E-state index contributed by atoms with van der Waals surface area (Å²) in [4.78, 5) is 10.4. The molecule has 1 aromatic rings. The van der Waals surface area contributed by atoms with Gasteiger partial charge in [-0.2, -0.15) is 0 Å². The smallest absolute Gasteiger partial charge is 0.328 e. The van der Waals surface area contributed by atoms with Crippen molar-refractivity contribution >= 4 is 12.0 Å². The lowest BCUT2D eigenvalue weighted by Gasteiger charge is -2.22. The van der Waals surface area contributed by atoms with Gasteiger partial charge in [0.05, 0.1) is 0 Å². The van der Waals surface area contributed by atoms with Gasteiger partial charge in [-0.25, -0.2) is 4.79 Å². The predicted octanol–water partition coefficient (Wildman–Crippen LogP) is 2.49. The Bertz CT molecular complexity index is 472. The quantitative estimate of drug-likeness (QED) is 0.772. The van der Waals surface area contributed by atoms with E-state index in [2.05, 4.69) is 0 Å². The number of carbonyl (C=O) groups is 1. The van der Waals surface area contributed by atoms with Gasteiger partial charge >= 0.3 is 5.97 Å². The van der Waals surface area contributed by atoms with E-state index in [-0.39, 0.29) is 6.10 Å². The van der Waals surface area contributed by atoms with E-state index in [0.29, 0.717) is 0 Å². The summed E-state index contributed by atoms with van der Waals surface area (Å²) in [5.74, 6) is -0.116. The highest BCUT2D eigenvalue weighted by Gasteiger charge is 2.16. The van der Waals surface area contributed by atoms with Crippen LogP contribution in [-0.4, -0.2) is 17.2 Å². The Morgan fingerprint density at radius 2 is 2.19 bits per heavy atom. The van der Waals surface area contributed by atoms with Crippen molar-refractivity contribution in [3.05, 3.63) is 47.6 Å². The molecule has 0 unspecified atom stereocenters. The first kappa shape index (κ1) is 10.5. The molecule has 1 N–H and O–H groups in total. The highest BCUT2D eigenvalue weighted by molar-refractivity contribution is 5.81. The molecule has 1 aliphatic rings. The Morgan fingerprint density at radius 1 is 1.44 bits per heavy atom. The van der Waals surface area contributed by atoms with Gasteiger partial charge in [0, 0.05) is 11.6 Å². The maximum Gasteiger partial charge on any atom is 0.328 e. The first-order chi connectivity index (χ1) is 7.66. The molecule has 0 bridgehead atoms. The van der Waals surface area contributed by atoms with Gasteiger partial charge in [-0.1, -0.05) is 18.2 Å². The van der Waals surface area contributed by atoms with Crippen molar-refractivity contribution in [1.29, 1.82) is 0 Å². The van der Waals surface area contributed by atoms with Gasteiger partial charge in [0.2, 0.25) is 0 Å². The minimum atomic E-state index is -0.952. The fraction of sp³-hybridized carbons (Fsp3) is 0.154. The van der Waals surface area contributed by atoms with Crippen LogP contribution in [0, 0.1) is 0 Å². The molecule has 0 aliphatic carbocycles. The third-order valence-electron chi connectivity index (χ3n) is 2.43. The second-order valence-electron chi connectivity index (χ2n) is 3.61. The number of hydrogen-bond donors (Lipinski definition) is 1. The summed E-state index contributed by atoms with van der Waals surface area (Å²) in [5.41, 5.74) is 1.84. The van der Waals surface area contributed by atoms with E-state index in [0.717, 1.165) is 23.0 Å². The summed E-state index contributed by atoms with van der Waals surface area (Å²) in [6.07, 6.45) is 4.52. The Morgan fingerprint density at radius 3 is 2.94 bits per heavy atom. The van der Waals surface area contributed by atoms with Crippen LogP contribution in [-0.2, 0) is 4.79 Å². The van der Waals surface area contributed by atoms with Crippen LogP contribution in [0.4, 0.5) is 0 Å². The van der Waals surface area contributed by atoms with Crippen molar-refractivity contribution in [2.24, 2.45) is 0 Å². The van der Waals surface area contributed by atoms with Crippen molar-refractivity contribution in [3.63, 3.8) is 0 Å². The molecule has 0 spiro atoms. The molecule has 1 aromatic carbocycles. The number of para-hydroxylation sites is 1. The average Bonchev–Trinajstić information content (AvgIpc) is 2.26. The Balaban J connectivity index is 2.34. The molecule has 82 valence electrons. The van der Waals surface area contributed by atoms with E-state index >= 15 is 0 Å². The number of rotatable bonds is 2. The standard InChI is InChI=1S/C13H12O3/c1-9-10(6-7-13(14)15)8-11-4-2-3-5-12(11)16-9/h2-9H,1H3,(H,14,15)/b7-6+/t9-/m0/s1. The number of fused-ring (bicyclic) bond motifs is 1. The fourth-order valence-electron chi connectivity index (χ4n) is 1.61. The molecule has 3 nitrogen and oxygen atoms in total. The zero-order valence-electron chi connectivity index (χ0n) is 8.88. The van der Waals surface area contributed by atoms with E-state index in [1.165, 1.54) is 0 Å². The molecule has 0 radical (unpaired) electrons. The van der Waals surface area contributed by atoms with E-state index in [1.54, 1.807) is 6.08 Å². The summed E-state index contributed by atoms with van der Waals surface area (Å²) in [7, 11) is 0. The van der Waals surface area contributed by atoms with Gasteiger partial charge in [-0.05, 0) is 30.7 Å². The molecule has 0 amide bonds. The minimum absolute atomic E-state index is 0.120. The summed E-state index contributed by atoms with van der Waals surface area (Å²) >= 11 is 0. The van der Waals surface area contributed by atoms with Crippen LogP contribution in [0.25, 0.3) is 6.08 Å². The molecule has 1 heterocycles. The van der Waals surface area contributed by atoms with E-state index in [9.17, 15) is 4.79 Å². The van der Waals surface area contributed by atoms with Crippen LogP contribution in [0.2, 0.25) is 0 Å². The molecule has 0 fully saturated rings. The number of hydrogen-bond acceptors (Lipinski definition) is 2. The summed E-state index contributed by atoms with van der Waals surface area (Å²) in [6.45, 7) is 1.90. The zero-order chi connectivity index (χ0) is 11.5. The summed E-state index contributed by atoms with van der Waals surface area (Å²) < 4.78 is 5.66. The molecule has 0 saturated carbocycles. The van der Waals surface area contributed by atoms with Crippen LogP contribution < -0.4 is 4.74 Å². The van der Waals surface area contributed by atoms with Crippen LogP contribution in [0.3, 0.4) is 0 Å². The van der Waals surface area contributed by atoms with Crippen molar-refractivity contribution in [2.75, 3.05) is 0 Å². The molecule has 3 heteroatoms. The largest absolute Gasteiger partial charge is 0.485 e. The van der Waals surface area contributed by atoms with Crippen molar-refractivity contribution in [2.45, 2.75) is 13.0 Å². The van der Waals surface area contributed by atoms with E-state index < -0.39 is 5.97 Å². The summed E-state index contributed by atoms with van der Waals surface area (Å²) in [5, 5.41) is 8.57. The van der Waals surface area contributed by atoms with Gasteiger partial charge in [-0.15, -0.1) is 0 Å². The first-order valence-corrected chi connectivity index (χ1v) is 5.05. The molecular weight excluding hydrogens is 204 g/mol. The summed E-state index contributed by atoms with van der Waals surface area (Å²) in [6, 6.07) is 7.68. The molecule has 0 saturated heterocycles. The van der Waals surface area contributed by atoms with Gasteiger partial charge in [0.15, 0.2) is 0 Å². The second kappa shape index (κ2) is 4.23. The Kier molecular flexibility index (Phi) is 2.77. The number of ether oxygens (including phenoxy) is 1. The average molecular weight is 216 g/mol. The lowest BCUT2D eigenvalue weighted by molar-refractivity contribution is -0.131. The highest BCUT2D eigenvalue weighted by atomic mass is 16.5. The monoisotopic (exact) mass is 216 g/mol. The minimum Gasteiger partial charge on any atom is -0.485 e. The third kappa shape index (κ3) is 2.14. The van der Waals surface area contributed by atoms with Crippen molar-refractivity contribution in [3.8, 4) is 5.75 Å². The number of carboxylic acids is 1. The van der Waals surface area contributed by atoms with Crippen molar-refractivity contribution in [1.82, 2.24) is 0 Å². The first-order valence-electron chi connectivity index (χ1n) is 5.05. The van der Waals surface area contributed by atoms with Crippen LogP contribution >= 0.6 is 0 Å². The highest BCUT2D eigenvalue weighted by Crippen LogP contribution is 2.29. The van der Waals surface area contributed by atoms with E-state index in [4.69, 9.17) is 9.84 Å². The van der Waals surface area contributed by atoms with E-state index in [1.807, 2.05) is 37.3 Å². The molecule has 0 aromatic heterocycles. The van der Waals surface area contributed by atoms with Gasteiger partial charge in [-0.3, -0.25) is 0 Å². The maximum atomic E-state index is 10.4. The predicted molar refractivity (Wildman–Crippen MR) is 61.3 cm³/mol. The van der Waals surface area contributed by atoms with Gasteiger partial charge < -0.3 is 9.84 Å². The number of benzene rings is 1. The normalized spacial score (nSPS) is 18.8. The molecule has 2 rings (SSSR count). The van der Waals surface area contributed by atoms with Crippen LogP contribution in [0.15, 0.2) is 42.0 Å². The number of aliphatic carboxylic acids is 1. The zero-order valence-corrected chi connectivity index (χ0v) is 8.88. The lowest BCUT2D eigenvalue weighted by atomic mass is 10.0. The molecule has 1 aliphatic heterocycles. The molecule has 16 heavy (non-hydrogen) atoms.